The van der Waals surface area contributed by atoms with Crippen molar-refractivity contribution in [2.75, 3.05) is 0 Å². The summed E-state index contributed by atoms with van der Waals surface area (Å²) in [6.07, 6.45) is 7.07. The molecule has 2 aliphatic rings. The maximum atomic E-state index is 12.5. The Hall–Kier alpha value is -1.66. The van der Waals surface area contributed by atoms with Gasteiger partial charge in [-0.3, -0.25) is 9.59 Å². The third-order valence-corrected chi connectivity index (χ3v) is 6.67. The normalized spacial score (nSPS) is 31.3. The Balaban J connectivity index is 2.09. The van der Waals surface area contributed by atoms with Crippen molar-refractivity contribution in [2.45, 2.75) is 84.5 Å². The van der Waals surface area contributed by atoms with Crippen molar-refractivity contribution in [3.05, 3.63) is 23.8 Å². The molecule has 0 bridgehead atoms. The Labute approximate surface area is 180 Å². The van der Waals surface area contributed by atoms with Crippen LogP contribution in [-0.4, -0.2) is 45.6 Å². The molecule has 0 heterocycles. The number of rotatable bonds is 10. The minimum absolute atomic E-state index is 0.0556. The largest absolute Gasteiger partial charge is 0.481 e. The van der Waals surface area contributed by atoms with Crippen LogP contribution in [0, 0.1) is 29.6 Å². The molecule has 2 aliphatic carbocycles. The van der Waals surface area contributed by atoms with Crippen molar-refractivity contribution in [1.82, 2.24) is 0 Å². The van der Waals surface area contributed by atoms with Gasteiger partial charge in [-0.25, -0.2) is 0 Å². The summed E-state index contributed by atoms with van der Waals surface area (Å²) in [5, 5.41) is 28.9. The summed E-state index contributed by atoms with van der Waals surface area (Å²) in [7, 11) is 0. The van der Waals surface area contributed by atoms with E-state index in [1.807, 2.05) is 13.8 Å². The van der Waals surface area contributed by atoms with Gasteiger partial charge in [-0.15, -0.1) is 0 Å². The SMILES string of the molecule is CCC(C)C(=O)O[C@H]1C[C@@H](C)C=C2C=C[C@H](C)[C@H](CC[C@H](O)C[C@@H](O)CC(=O)O)[C@H]21. The molecule has 0 amide bonds. The van der Waals surface area contributed by atoms with E-state index in [1.165, 1.54) is 5.57 Å². The van der Waals surface area contributed by atoms with Gasteiger partial charge >= 0.3 is 11.9 Å². The van der Waals surface area contributed by atoms with Gasteiger partial charge < -0.3 is 20.1 Å². The number of ether oxygens (including phenoxy) is 1. The number of carbonyl (C=O) groups is 2. The lowest BCUT2D eigenvalue weighted by molar-refractivity contribution is -0.158. The van der Waals surface area contributed by atoms with Crippen LogP contribution in [0.1, 0.15) is 66.2 Å². The fourth-order valence-corrected chi connectivity index (χ4v) is 4.76. The first-order chi connectivity index (χ1) is 14.1. The molecule has 0 aromatic rings. The lowest BCUT2D eigenvalue weighted by Gasteiger charge is -2.43. The van der Waals surface area contributed by atoms with E-state index in [9.17, 15) is 19.8 Å². The van der Waals surface area contributed by atoms with Crippen molar-refractivity contribution in [2.24, 2.45) is 29.6 Å². The Morgan fingerprint density at radius 2 is 1.93 bits per heavy atom. The van der Waals surface area contributed by atoms with Gasteiger partial charge in [0.15, 0.2) is 0 Å². The lowest BCUT2D eigenvalue weighted by atomic mass is 9.65. The van der Waals surface area contributed by atoms with E-state index in [2.05, 4.69) is 32.1 Å². The van der Waals surface area contributed by atoms with E-state index in [0.29, 0.717) is 12.3 Å². The summed E-state index contributed by atoms with van der Waals surface area (Å²) in [5.41, 5.74) is 1.21. The van der Waals surface area contributed by atoms with Gasteiger partial charge in [-0.1, -0.05) is 45.9 Å². The summed E-state index contributed by atoms with van der Waals surface area (Å²) in [6.45, 7) is 8.16. The molecule has 0 saturated carbocycles. The minimum Gasteiger partial charge on any atom is -0.481 e. The number of fused-ring (bicyclic) bond motifs is 1. The number of aliphatic carboxylic acids is 1. The first-order valence-electron chi connectivity index (χ1n) is 11.3. The second-order valence-electron chi connectivity index (χ2n) is 9.29. The molecule has 170 valence electrons. The Bertz CT molecular complexity index is 654. The quantitative estimate of drug-likeness (QED) is 0.464. The first-order valence-corrected chi connectivity index (χ1v) is 11.3. The predicted octanol–water partition coefficient (Wildman–Crippen LogP) is 3.72. The second kappa shape index (κ2) is 11.1. The molecule has 1 unspecified atom stereocenters. The number of hydrogen-bond acceptors (Lipinski definition) is 5. The summed E-state index contributed by atoms with van der Waals surface area (Å²) < 4.78 is 6.00. The molecule has 6 nitrogen and oxygen atoms in total. The van der Waals surface area contributed by atoms with Crippen LogP contribution in [0.3, 0.4) is 0 Å². The number of carbonyl (C=O) groups excluding carboxylic acids is 1. The van der Waals surface area contributed by atoms with Crippen LogP contribution in [0.5, 0.6) is 0 Å². The number of aliphatic hydroxyl groups is 2. The van der Waals surface area contributed by atoms with Crippen LogP contribution in [-0.2, 0) is 14.3 Å². The second-order valence-corrected chi connectivity index (χ2v) is 9.29. The van der Waals surface area contributed by atoms with Crippen molar-refractivity contribution >= 4 is 11.9 Å². The molecule has 3 N–H and O–H groups in total. The number of esters is 1. The van der Waals surface area contributed by atoms with E-state index in [0.717, 1.165) is 19.3 Å². The highest BCUT2D eigenvalue weighted by atomic mass is 16.5. The molecule has 0 saturated heterocycles. The van der Waals surface area contributed by atoms with Crippen molar-refractivity contribution in [3.8, 4) is 0 Å². The number of carboxylic acid groups (broad SMARTS) is 1. The molecule has 0 radical (unpaired) electrons. The van der Waals surface area contributed by atoms with Crippen LogP contribution in [0.4, 0.5) is 0 Å². The fraction of sp³-hybridized carbons (Fsp3) is 0.750. The van der Waals surface area contributed by atoms with E-state index in [4.69, 9.17) is 9.84 Å². The average Bonchev–Trinajstić information content (AvgIpc) is 2.65. The Morgan fingerprint density at radius 1 is 1.23 bits per heavy atom. The zero-order valence-corrected chi connectivity index (χ0v) is 18.7. The Morgan fingerprint density at radius 3 is 2.57 bits per heavy atom. The van der Waals surface area contributed by atoms with E-state index < -0.39 is 18.2 Å². The third kappa shape index (κ3) is 6.67. The van der Waals surface area contributed by atoms with Crippen LogP contribution >= 0.6 is 0 Å². The van der Waals surface area contributed by atoms with Gasteiger partial charge in [0, 0.05) is 5.92 Å². The third-order valence-electron chi connectivity index (χ3n) is 6.67. The molecule has 0 aliphatic heterocycles. The highest BCUT2D eigenvalue weighted by Gasteiger charge is 2.41. The zero-order valence-electron chi connectivity index (χ0n) is 18.7. The highest BCUT2D eigenvalue weighted by molar-refractivity contribution is 5.72. The molecule has 6 heteroatoms. The van der Waals surface area contributed by atoms with E-state index in [-0.39, 0.29) is 48.6 Å². The zero-order chi connectivity index (χ0) is 22.4. The maximum Gasteiger partial charge on any atom is 0.308 e. The topological polar surface area (TPSA) is 104 Å². The van der Waals surface area contributed by atoms with Gasteiger partial charge in [0.2, 0.25) is 0 Å². The monoisotopic (exact) mass is 422 g/mol. The smallest absolute Gasteiger partial charge is 0.308 e. The summed E-state index contributed by atoms with van der Waals surface area (Å²) in [4.78, 5) is 23.2. The Kier molecular flexibility index (Phi) is 9.10. The molecule has 8 atom stereocenters. The van der Waals surface area contributed by atoms with E-state index in [1.54, 1.807) is 0 Å². The van der Waals surface area contributed by atoms with Crippen LogP contribution < -0.4 is 0 Å². The van der Waals surface area contributed by atoms with Crippen LogP contribution in [0.25, 0.3) is 0 Å². The molecule has 0 aromatic carbocycles. The van der Waals surface area contributed by atoms with Gasteiger partial charge in [0.05, 0.1) is 24.5 Å². The lowest BCUT2D eigenvalue weighted by Crippen LogP contribution is -2.41. The molecule has 30 heavy (non-hydrogen) atoms. The van der Waals surface area contributed by atoms with Gasteiger partial charge in [0.25, 0.3) is 0 Å². The van der Waals surface area contributed by atoms with Crippen molar-refractivity contribution in [1.29, 1.82) is 0 Å². The predicted molar refractivity (Wildman–Crippen MR) is 115 cm³/mol. The van der Waals surface area contributed by atoms with Gasteiger partial charge in [-0.05, 0) is 55.4 Å². The first kappa shape index (κ1) is 24.6. The number of allylic oxidation sites excluding steroid dienone is 3. The molecule has 2 rings (SSSR count). The van der Waals surface area contributed by atoms with Crippen LogP contribution in [0.2, 0.25) is 0 Å². The van der Waals surface area contributed by atoms with Crippen molar-refractivity contribution < 1.29 is 29.6 Å². The van der Waals surface area contributed by atoms with Gasteiger partial charge in [0.1, 0.15) is 6.10 Å². The maximum absolute atomic E-state index is 12.5. The number of carboxylic acids is 1. The van der Waals surface area contributed by atoms with E-state index >= 15 is 0 Å². The number of aliphatic hydroxyl groups excluding tert-OH is 2. The van der Waals surface area contributed by atoms with Crippen LogP contribution in [0.15, 0.2) is 23.8 Å². The minimum atomic E-state index is -1.07. The average molecular weight is 423 g/mol. The van der Waals surface area contributed by atoms with Gasteiger partial charge in [-0.2, -0.15) is 0 Å². The standard InChI is InChI=1S/C24H38O6/c1-5-15(3)24(29)30-21-11-14(2)10-17-7-6-16(4)20(23(17)21)9-8-18(25)12-19(26)13-22(27)28/h6-7,10,14-16,18-21,23,25-26H,5,8-9,11-13H2,1-4H3,(H,27,28)/t14-,15?,16-,18-,19+,20-,21-,23-/m0/s1. The summed E-state index contributed by atoms with van der Waals surface area (Å²) in [5.74, 6) is -0.406. The number of hydrogen-bond donors (Lipinski definition) is 3. The summed E-state index contributed by atoms with van der Waals surface area (Å²) in [6, 6.07) is 0. The highest BCUT2D eigenvalue weighted by Crippen LogP contribution is 2.45. The molecule has 0 fully saturated rings. The summed E-state index contributed by atoms with van der Waals surface area (Å²) >= 11 is 0. The van der Waals surface area contributed by atoms with Crippen molar-refractivity contribution in [3.63, 3.8) is 0 Å². The molecular weight excluding hydrogens is 384 g/mol. The fourth-order valence-electron chi connectivity index (χ4n) is 4.76. The molecule has 0 aromatic heterocycles. The molecular formula is C24H38O6. The molecule has 0 spiro atoms.